The third-order valence-corrected chi connectivity index (χ3v) is 6.39. The van der Waals surface area contributed by atoms with Crippen LogP contribution in [0.25, 0.3) is 17.4 Å². The maximum atomic E-state index is 12.8. The molecule has 0 atom stereocenters. The molecular weight excluding hydrogens is 486 g/mol. The zero-order valence-electron chi connectivity index (χ0n) is 19.6. The average molecular weight is 508 g/mol. The monoisotopic (exact) mass is 507 g/mol. The summed E-state index contributed by atoms with van der Waals surface area (Å²) in [5, 5.41) is 13.2. The highest BCUT2D eigenvalue weighted by Crippen LogP contribution is 2.36. The lowest BCUT2D eigenvalue weighted by Gasteiger charge is -2.15. The van der Waals surface area contributed by atoms with E-state index in [1.807, 2.05) is 32.0 Å². The van der Waals surface area contributed by atoms with Crippen LogP contribution in [0.4, 0.5) is 16.2 Å². The third kappa shape index (κ3) is 5.01. The summed E-state index contributed by atoms with van der Waals surface area (Å²) in [5.74, 6) is -0.189. The van der Waals surface area contributed by atoms with Gasteiger partial charge in [-0.1, -0.05) is 18.2 Å². The molecule has 0 bridgehead atoms. The van der Waals surface area contributed by atoms with Crippen LogP contribution in [-0.4, -0.2) is 40.5 Å². The standard InChI is InChI=1S/C25H21N3O7S/c1-14-5-4-6-15(2)23(14)26-22(29)13-27-24(30)21(36-25(27)31)12-17-8-10-19(35-17)18-9-7-16(28(32)33)11-20(18)34-3/h4-12H,13H2,1-3H3,(H,26,29)/b21-12+. The molecule has 1 aliphatic rings. The van der Waals surface area contributed by atoms with E-state index in [0.717, 1.165) is 16.0 Å². The van der Waals surface area contributed by atoms with Crippen LogP contribution < -0.4 is 10.1 Å². The lowest BCUT2D eigenvalue weighted by Crippen LogP contribution is -2.36. The van der Waals surface area contributed by atoms with Crippen LogP contribution >= 0.6 is 11.8 Å². The first-order valence-electron chi connectivity index (χ1n) is 10.7. The SMILES string of the molecule is COc1cc([N+](=O)[O-])ccc1-c1ccc(/C=C2/SC(=O)N(CC(=O)Nc3c(C)cccc3C)C2=O)o1. The summed E-state index contributed by atoms with van der Waals surface area (Å²) in [4.78, 5) is 49.3. The average Bonchev–Trinajstić information content (AvgIpc) is 3.41. The van der Waals surface area contributed by atoms with Gasteiger partial charge in [-0.05, 0) is 54.9 Å². The Balaban J connectivity index is 1.50. The van der Waals surface area contributed by atoms with Crippen molar-refractivity contribution in [3.8, 4) is 17.1 Å². The van der Waals surface area contributed by atoms with Gasteiger partial charge in [0, 0.05) is 17.8 Å². The zero-order valence-corrected chi connectivity index (χ0v) is 20.4. The summed E-state index contributed by atoms with van der Waals surface area (Å²) in [6, 6.07) is 12.9. The van der Waals surface area contributed by atoms with Crippen molar-refractivity contribution in [1.82, 2.24) is 4.90 Å². The molecule has 2 aromatic carbocycles. The highest BCUT2D eigenvalue weighted by Gasteiger charge is 2.36. The highest BCUT2D eigenvalue weighted by atomic mass is 32.2. The summed E-state index contributed by atoms with van der Waals surface area (Å²) in [6.45, 7) is 3.30. The van der Waals surface area contributed by atoms with Crippen LogP contribution in [0.1, 0.15) is 16.9 Å². The van der Waals surface area contributed by atoms with Gasteiger partial charge in [-0.15, -0.1) is 0 Å². The molecule has 1 saturated heterocycles. The molecule has 0 radical (unpaired) electrons. The number of aryl methyl sites for hydroxylation is 2. The molecule has 3 amide bonds. The number of furan rings is 1. The van der Waals surface area contributed by atoms with Crippen molar-refractivity contribution in [3.05, 3.63) is 80.4 Å². The Kier molecular flexibility index (Phi) is 6.93. The fourth-order valence-corrected chi connectivity index (χ4v) is 4.49. The number of anilines is 1. The topological polar surface area (TPSA) is 132 Å². The Morgan fingerprint density at radius 2 is 1.89 bits per heavy atom. The van der Waals surface area contributed by atoms with Crippen LogP contribution in [0.3, 0.4) is 0 Å². The van der Waals surface area contributed by atoms with Crippen molar-refractivity contribution in [2.75, 3.05) is 19.0 Å². The van der Waals surface area contributed by atoms with E-state index in [1.165, 1.54) is 31.4 Å². The van der Waals surface area contributed by atoms with E-state index in [-0.39, 0.29) is 22.1 Å². The van der Waals surface area contributed by atoms with Gasteiger partial charge in [0.25, 0.3) is 16.8 Å². The minimum atomic E-state index is -0.604. The number of methoxy groups -OCH3 is 1. The number of nitrogens with zero attached hydrogens (tertiary/aromatic N) is 2. The van der Waals surface area contributed by atoms with Gasteiger partial charge in [0.15, 0.2) is 0 Å². The molecule has 3 aromatic rings. The summed E-state index contributed by atoms with van der Waals surface area (Å²) < 4.78 is 11.0. The maximum Gasteiger partial charge on any atom is 0.294 e. The van der Waals surface area contributed by atoms with Gasteiger partial charge in [0.05, 0.1) is 28.6 Å². The molecule has 0 unspecified atom stereocenters. The second-order valence-corrected chi connectivity index (χ2v) is 8.92. The van der Waals surface area contributed by atoms with Crippen LogP contribution in [0.15, 0.2) is 57.9 Å². The Hall–Kier alpha value is -4.38. The van der Waals surface area contributed by atoms with Crippen LogP contribution in [0.5, 0.6) is 5.75 Å². The first-order chi connectivity index (χ1) is 17.2. The Labute approximate surface area is 210 Å². The number of non-ortho nitro benzene ring substituents is 1. The molecule has 1 N–H and O–H groups in total. The quantitative estimate of drug-likeness (QED) is 0.264. The van der Waals surface area contributed by atoms with Crippen molar-refractivity contribution >= 4 is 46.3 Å². The van der Waals surface area contributed by atoms with Crippen LogP contribution in [-0.2, 0) is 9.59 Å². The summed E-state index contributed by atoms with van der Waals surface area (Å²) in [5.41, 5.74) is 2.75. The van der Waals surface area contributed by atoms with E-state index in [9.17, 15) is 24.5 Å². The molecule has 0 spiro atoms. The van der Waals surface area contributed by atoms with Gasteiger partial charge in [0.2, 0.25) is 5.91 Å². The van der Waals surface area contributed by atoms with E-state index >= 15 is 0 Å². The normalized spacial score (nSPS) is 14.4. The summed E-state index contributed by atoms with van der Waals surface area (Å²) >= 11 is 0.708. The molecule has 36 heavy (non-hydrogen) atoms. The van der Waals surface area contributed by atoms with Gasteiger partial charge < -0.3 is 14.5 Å². The fourth-order valence-electron chi connectivity index (χ4n) is 3.67. The smallest absolute Gasteiger partial charge is 0.294 e. The number of amides is 3. The first kappa shape index (κ1) is 24.7. The summed E-state index contributed by atoms with van der Waals surface area (Å²) in [7, 11) is 1.39. The molecular formula is C25H21N3O7S. The molecule has 4 rings (SSSR count). The van der Waals surface area contributed by atoms with Crippen molar-refractivity contribution < 1.29 is 28.5 Å². The fraction of sp³-hybridized carbons (Fsp3) is 0.160. The Morgan fingerprint density at radius 3 is 2.56 bits per heavy atom. The van der Waals surface area contributed by atoms with Crippen molar-refractivity contribution in [2.24, 2.45) is 0 Å². The Bertz CT molecular complexity index is 1410. The van der Waals surface area contributed by atoms with E-state index in [0.29, 0.717) is 28.8 Å². The second-order valence-electron chi connectivity index (χ2n) is 7.93. The van der Waals surface area contributed by atoms with E-state index in [2.05, 4.69) is 5.32 Å². The predicted molar refractivity (Wildman–Crippen MR) is 135 cm³/mol. The van der Waals surface area contributed by atoms with Gasteiger partial charge in [-0.2, -0.15) is 0 Å². The molecule has 0 aliphatic carbocycles. The minimum absolute atomic E-state index is 0.108. The lowest BCUT2D eigenvalue weighted by molar-refractivity contribution is -0.384. The predicted octanol–water partition coefficient (Wildman–Crippen LogP) is 5.16. The second kappa shape index (κ2) is 10.1. The van der Waals surface area contributed by atoms with Gasteiger partial charge in [-0.3, -0.25) is 29.4 Å². The van der Waals surface area contributed by atoms with Crippen LogP contribution in [0, 0.1) is 24.0 Å². The van der Waals surface area contributed by atoms with Gasteiger partial charge >= 0.3 is 0 Å². The molecule has 2 heterocycles. The number of carbonyl (C=O) groups is 3. The largest absolute Gasteiger partial charge is 0.496 e. The number of benzene rings is 2. The first-order valence-corrected chi connectivity index (χ1v) is 11.5. The lowest BCUT2D eigenvalue weighted by atomic mass is 10.1. The molecule has 1 fully saturated rings. The number of thioether (sulfide) groups is 1. The van der Waals surface area contributed by atoms with Gasteiger partial charge in [-0.25, -0.2) is 0 Å². The molecule has 11 heteroatoms. The highest BCUT2D eigenvalue weighted by molar-refractivity contribution is 8.18. The zero-order chi connectivity index (χ0) is 26.0. The van der Waals surface area contributed by atoms with E-state index in [4.69, 9.17) is 9.15 Å². The number of carbonyl (C=O) groups excluding carboxylic acids is 3. The van der Waals surface area contributed by atoms with Crippen molar-refractivity contribution in [3.63, 3.8) is 0 Å². The maximum absolute atomic E-state index is 12.8. The van der Waals surface area contributed by atoms with E-state index < -0.39 is 28.5 Å². The molecule has 1 aliphatic heterocycles. The number of nitrogens with one attached hydrogen (secondary N) is 1. The summed E-state index contributed by atoms with van der Waals surface area (Å²) in [6.07, 6.45) is 1.41. The van der Waals surface area contributed by atoms with Crippen molar-refractivity contribution in [2.45, 2.75) is 13.8 Å². The number of imide groups is 1. The Morgan fingerprint density at radius 1 is 1.17 bits per heavy atom. The van der Waals surface area contributed by atoms with Crippen molar-refractivity contribution in [1.29, 1.82) is 0 Å². The minimum Gasteiger partial charge on any atom is -0.496 e. The number of nitro groups is 1. The van der Waals surface area contributed by atoms with Gasteiger partial charge in [0.1, 0.15) is 23.8 Å². The number of hydrogen-bond donors (Lipinski definition) is 1. The number of nitro benzene ring substituents is 1. The number of ether oxygens (including phenoxy) is 1. The number of para-hydroxylation sites is 1. The third-order valence-electron chi connectivity index (χ3n) is 5.48. The molecule has 10 nitrogen and oxygen atoms in total. The number of rotatable bonds is 7. The van der Waals surface area contributed by atoms with E-state index in [1.54, 1.807) is 12.1 Å². The molecule has 0 saturated carbocycles. The van der Waals surface area contributed by atoms with Crippen LogP contribution in [0.2, 0.25) is 0 Å². The molecule has 1 aromatic heterocycles. The molecule has 184 valence electrons. The number of hydrogen-bond acceptors (Lipinski definition) is 8.